The maximum absolute atomic E-state index is 13.4. The van der Waals surface area contributed by atoms with E-state index in [0.717, 1.165) is 24.3 Å². The normalized spacial score (nSPS) is 13.2. The summed E-state index contributed by atoms with van der Waals surface area (Å²) >= 11 is 0. The van der Waals surface area contributed by atoms with Gasteiger partial charge in [0.2, 0.25) is 0 Å². The molecule has 3 rings (SSSR count). The Balaban J connectivity index is 1.90. The molecule has 0 radical (unpaired) electrons. The smallest absolute Gasteiger partial charge is 0.489 e. The second-order valence-electron chi connectivity index (χ2n) is 8.49. The molecule has 3 aromatic carbocycles. The van der Waals surface area contributed by atoms with Crippen molar-refractivity contribution < 1.29 is 63.2 Å². The molecule has 0 saturated carbocycles. The lowest BCUT2D eigenvalue weighted by atomic mass is 10.0. The van der Waals surface area contributed by atoms with Crippen LogP contribution < -0.4 is 19.5 Å². The van der Waals surface area contributed by atoms with Crippen molar-refractivity contribution in [2.45, 2.75) is 44.2 Å². The fourth-order valence-electron chi connectivity index (χ4n) is 3.49. The molecule has 0 aliphatic rings. The second-order valence-corrected chi connectivity index (χ2v) is 8.49. The van der Waals surface area contributed by atoms with E-state index in [1.165, 1.54) is 42.5 Å². The van der Waals surface area contributed by atoms with Gasteiger partial charge in [0.15, 0.2) is 6.10 Å². The number of nitrogens with one attached hydrogen (secondary N) is 1. The number of hydrogen-bond donors (Lipinski definition) is 2. The summed E-state index contributed by atoms with van der Waals surface area (Å²) in [6, 6.07) is 13.6. The van der Waals surface area contributed by atoms with Crippen molar-refractivity contribution in [1.82, 2.24) is 0 Å². The fraction of sp³-hybridized carbons (Fsp3) is 0.308. The summed E-state index contributed by atoms with van der Waals surface area (Å²) in [5, 5.41) is 11.8. The van der Waals surface area contributed by atoms with Crippen molar-refractivity contribution in [3.05, 3.63) is 83.4 Å². The summed E-state index contributed by atoms with van der Waals surface area (Å²) in [6.45, 7) is -1.29. The predicted octanol–water partition coefficient (Wildman–Crippen LogP) is 7.33. The van der Waals surface area contributed by atoms with Crippen LogP contribution in [-0.4, -0.2) is 42.8 Å². The molecule has 0 aromatic heterocycles. The van der Waals surface area contributed by atoms with Crippen LogP contribution >= 0.6 is 0 Å². The van der Waals surface area contributed by atoms with Crippen LogP contribution in [0.4, 0.5) is 49.6 Å². The van der Waals surface area contributed by atoms with E-state index < -0.39 is 49.2 Å². The van der Waals surface area contributed by atoms with Crippen LogP contribution in [0, 0.1) is 0 Å². The van der Waals surface area contributed by atoms with Gasteiger partial charge in [0.25, 0.3) is 0 Å². The van der Waals surface area contributed by atoms with Gasteiger partial charge in [-0.1, -0.05) is 30.3 Å². The van der Waals surface area contributed by atoms with Crippen LogP contribution in [0.25, 0.3) is 0 Å². The van der Waals surface area contributed by atoms with E-state index in [-0.39, 0.29) is 41.2 Å². The molecule has 5 nitrogen and oxygen atoms in total. The average molecular weight is 601 g/mol. The van der Waals surface area contributed by atoms with Crippen molar-refractivity contribution in [2.24, 2.45) is 0 Å². The summed E-state index contributed by atoms with van der Waals surface area (Å²) in [5.74, 6) is -1.11. The third-order valence-electron chi connectivity index (χ3n) is 5.31. The highest BCUT2D eigenvalue weighted by molar-refractivity contribution is 5.59. The molecular formula is C26H21F10NO4. The Hall–Kier alpha value is -3.88. The molecule has 0 heterocycles. The number of aliphatic hydroxyl groups is 1. The highest BCUT2D eigenvalue weighted by atomic mass is 19.4. The van der Waals surface area contributed by atoms with Gasteiger partial charge in [-0.3, -0.25) is 0 Å². The number of hydrogen-bond acceptors (Lipinski definition) is 5. The van der Waals surface area contributed by atoms with E-state index in [1.807, 2.05) is 0 Å². The second kappa shape index (κ2) is 12.7. The first-order valence-electron chi connectivity index (χ1n) is 11.6. The van der Waals surface area contributed by atoms with Crippen molar-refractivity contribution in [1.29, 1.82) is 0 Å². The lowest BCUT2D eigenvalue weighted by Gasteiger charge is -2.20. The van der Waals surface area contributed by atoms with Gasteiger partial charge in [0.05, 0.1) is 0 Å². The molecule has 0 spiro atoms. The van der Waals surface area contributed by atoms with Crippen LogP contribution in [0.2, 0.25) is 0 Å². The summed E-state index contributed by atoms with van der Waals surface area (Å²) in [4.78, 5) is 0. The van der Waals surface area contributed by atoms with Gasteiger partial charge >= 0.3 is 25.1 Å². The predicted molar refractivity (Wildman–Crippen MR) is 125 cm³/mol. The number of anilines is 1. The largest absolute Gasteiger partial charge is 0.573 e. The molecule has 3 aromatic rings. The highest BCUT2D eigenvalue weighted by Crippen LogP contribution is 2.33. The monoisotopic (exact) mass is 601 g/mol. The van der Waals surface area contributed by atoms with Gasteiger partial charge in [-0.15, -0.1) is 13.2 Å². The van der Waals surface area contributed by atoms with Crippen LogP contribution in [0.15, 0.2) is 66.7 Å². The molecule has 1 unspecified atom stereocenters. The number of ether oxygens (including phenoxy) is 3. The van der Waals surface area contributed by atoms with Gasteiger partial charge in [0.1, 0.15) is 23.9 Å². The van der Waals surface area contributed by atoms with Crippen molar-refractivity contribution >= 4 is 5.69 Å². The van der Waals surface area contributed by atoms with Crippen LogP contribution in [-0.2, 0) is 13.0 Å². The van der Waals surface area contributed by atoms with Crippen LogP contribution in [0.5, 0.6) is 17.2 Å². The number of benzene rings is 3. The van der Waals surface area contributed by atoms with E-state index in [9.17, 15) is 49.0 Å². The molecule has 41 heavy (non-hydrogen) atoms. The first-order chi connectivity index (χ1) is 19.0. The lowest BCUT2D eigenvalue weighted by molar-refractivity contribution is -0.274. The molecule has 0 aliphatic carbocycles. The number of aliphatic hydroxyl groups excluding tert-OH is 1. The van der Waals surface area contributed by atoms with Crippen LogP contribution in [0.1, 0.15) is 16.7 Å². The van der Waals surface area contributed by atoms with Gasteiger partial charge < -0.3 is 24.6 Å². The van der Waals surface area contributed by atoms with E-state index in [4.69, 9.17) is 4.74 Å². The zero-order valence-electron chi connectivity index (χ0n) is 20.6. The fourth-order valence-corrected chi connectivity index (χ4v) is 3.49. The van der Waals surface area contributed by atoms with E-state index in [2.05, 4.69) is 14.8 Å². The summed E-state index contributed by atoms with van der Waals surface area (Å²) in [6.07, 6.45) is -21.7. The van der Waals surface area contributed by atoms with E-state index in [0.29, 0.717) is 0 Å². The van der Waals surface area contributed by atoms with Crippen molar-refractivity contribution in [3.63, 3.8) is 0 Å². The molecule has 0 fully saturated rings. The van der Waals surface area contributed by atoms with E-state index >= 15 is 0 Å². The topological polar surface area (TPSA) is 60.0 Å². The molecule has 0 saturated heterocycles. The third kappa shape index (κ3) is 9.62. The Kier molecular flexibility index (Phi) is 9.84. The van der Waals surface area contributed by atoms with Crippen LogP contribution in [0.3, 0.4) is 0 Å². The summed E-state index contributed by atoms with van der Waals surface area (Å²) < 4.78 is 142. The van der Waals surface area contributed by atoms with Gasteiger partial charge in [-0.2, -0.15) is 30.7 Å². The standard InChI is InChI=1S/C26H21F10NO4/c27-23(28)25(32,33)40-17-6-1-4-15(10-17)12-19-20(37-13-22(38)24(29,30)31)8-3-9-21(19)39-14-16-5-2-7-18(11-16)41-26(34,35)36/h1-11,22-23,37-38H,12-14H2. The summed E-state index contributed by atoms with van der Waals surface area (Å²) in [5.41, 5.74) is 0.614. The molecule has 0 aliphatic heterocycles. The maximum atomic E-state index is 13.4. The Morgan fingerprint density at radius 2 is 1.34 bits per heavy atom. The number of halogens is 10. The zero-order valence-corrected chi connectivity index (χ0v) is 20.6. The minimum absolute atomic E-state index is 0.0304. The lowest BCUT2D eigenvalue weighted by Crippen LogP contribution is -2.35. The minimum atomic E-state index is -4.94. The molecule has 224 valence electrons. The molecule has 2 N–H and O–H groups in total. The molecule has 0 amide bonds. The Morgan fingerprint density at radius 3 is 1.95 bits per heavy atom. The Bertz CT molecular complexity index is 1300. The highest BCUT2D eigenvalue weighted by Gasteiger charge is 2.44. The molecule has 0 bridgehead atoms. The van der Waals surface area contributed by atoms with Gasteiger partial charge in [-0.25, -0.2) is 0 Å². The van der Waals surface area contributed by atoms with Gasteiger partial charge in [-0.05, 0) is 47.5 Å². The Morgan fingerprint density at radius 1 is 0.756 bits per heavy atom. The molecule has 15 heteroatoms. The van der Waals surface area contributed by atoms with Gasteiger partial charge in [0, 0.05) is 24.2 Å². The number of rotatable bonds is 12. The van der Waals surface area contributed by atoms with E-state index in [1.54, 1.807) is 0 Å². The minimum Gasteiger partial charge on any atom is -0.489 e. The molecular weight excluding hydrogens is 580 g/mol. The zero-order chi connectivity index (χ0) is 30.4. The SMILES string of the molecule is OC(CNc1cccc(OCc2cccc(OC(F)(F)F)c2)c1Cc1cccc(OC(F)(F)C(F)F)c1)C(F)(F)F. The molecule has 1 atom stereocenters. The maximum Gasteiger partial charge on any atom is 0.573 e. The summed E-state index contributed by atoms with van der Waals surface area (Å²) in [7, 11) is 0. The average Bonchev–Trinajstić information content (AvgIpc) is 2.85. The van der Waals surface area contributed by atoms with Crippen molar-refractivity contribution in [3.8, 4) is 17.2 Å². The first kappa shape index (κ1) is 31.6. The first-order valence-corrected chi connectivity index (χ1v) is 11.6. The quantitative estimate of drug-likeness (QED) is 0.213. The third-order valence-corrected chi connectivity index (χ3v) is 5.31. The van der Waals surface area contributed by atoms with Crippen molar-refractivity contribution in [2.75, 3.05) is 11.9 Å². The number of alkyl halides is 10. The Labute approximate surface area is 226 Å².